The van der Waals surface area contributed by atoms with Crippen molar-refractivity contribution in [3.8, 4) is 17.0 Å². The maximum absolute atomic E-state index is 12.2. The Morgan fingerprint density at radius 3 is 2.54 bits per heavy atom. The fourth-order valence-corrected chi connectivity index (χ4v) is 4.15. The zero-order valence-corrected chi connectivity index (χ0v) is 26.2. The molecule has 1 saturated carbocycles. The molecule has 1 radical (unpaired) electrons. The number of aromatic carboxylic acids is 1. The minimum Gasteiger partial charge on any atom is -0.616 e. The maximum atomic E-state index is 12.2. The number of benzene rings is 1. The quantitative estimate of drug-likeness (QED) is 0.215. The van der Waals surface area contributed by atoms with E-state index in [2.05, 4.69) is 27.5 Å². The van der Waals surface area contributed by atoms with Crippen molar-refractivity contribution in [1.82, 2.24) is 20.1 Å². The molecule has 1 aliphatic carbocycles. The number of nitrogens with zero attached hydrogens (tertiary/aromatic N) is 4. The number of carbonyl (C=O) groups is 2. The Morgan fingerprint density at radius 2 is 1.98 bits per heavy atom. The first kappa shape index (κ1) is 32.3. The summed E-state index contributed by atoms with van der Waals surface area (Å²) in [6.45, 7) is 8.09. The van der Waals surface area contributed by atoms with E-state index in [4.69, 9.17) is 9.47 Å². The monoisotopic (exact) mass is 810 g/mol. The van der Waals surface area contributed by atoms with Crippen LogP contribution in [0.3, 0.4) is 0 Å². The van der Waals surface area contributed by atoms with Crippen molar-refractivity contribution in [3.05, 3.63) is 84.9 Å². The predicted octanol–water partition coefficient (Wildman–Crippen LogP) is 6.33. The van der Waals surface area contributed by atoms with Gasteiger partial charge in [0.1, 0.15) is 16.9 Å². The van der Waals surface area contributed by atoms with Gasteiger partial charge in [-0.15, -0.1) is 6.54 Å². The Bertz CT molecular complexity index is 1290. The second-order valence-corrected chi connectivity index (χ2v) is 10.8. The summed E-state index contributed by atoms with van der Waals surface area (Å²) >= 11 is 0. The third-order valence-electron chi connectivity index (χ3n) is 6.28. The van der Waals surface area contributed by atoms with Crippen LogP contribution in [0.4, 0.5) is 4.79 Å². The molecular weight excluding hydrogens is 772 g/mol. The van der Waals surface area contributed by atoms with Crippen LogP contribution in [0, 0.1) is 21.4 Å². The Hall–Kier alpha value is -4.92. The van der Waals surface area contributed by atoms with E-state index in [-0.39, 0.29) is 25.3 Å². The van der Waals surface area contributed by atoms with Gasteiger partial charge in [-0.25, -0.2) is 4.79 Å². The average molecular weight is 811 g/mol. The maximum Gasteiger partial charge on any atom is 0.339 e. The molecule has 1 atom stereocenters. The summed E-state index contributed by atoms with van der Waals surface area (Å²) in [4.78, 5) is 30.5. The van der Waals surface area contributed by atoms with E-state index in [0.717, 1.165) is 11.1 Å². The molecule has 2 N–H and O–H groups in total. The normalized spacial score (nSPS) is 13.5. The number of aromatic nitrogens is 3. The van der Waals surface area contributed by atoms with Crippen LogP contribution in [0.5, 0.6) is 5.75 Å². The molecule has 2 aromatic heterocycles. The smallest absolute Gasteiger partial charge is 0.339 e. The number of H-pyrrole nitrogens is 1. The van der Waals surface area contributed by atoms with E-state index in [1.54, 1.807) is 50.1 Å². The number of ether oxygens (including phenoxy) is 2. The molecule has 231 valence electrons. The number of amides is 1. The van der Waals surface area contributed by atoms with E-state index < -0.39 is 23.8 Å². The number of aryl methyl sites for hydroxylation is 1. The van der Waals surface area contributed by atoms with Crippen molar-refractivity contribution in [2.45, 2.75) is 58.2 Å². The molecule has 0 bridgehead atoms. The van der Waals surface area contributed by atoms with Crippen LogP contribution in [-0.2, 0) is 4.74 Å². The Morgan fingerprint density at radius 1 is 1.24 bits per heavy atom. The van der Waals surface area contributed by atoms with Gasteiger partial charge in [0, 0.05) is 24.5 Å². The molecule has 0 unspecified atom stereocenters. The van der Waals surface area contributed by atoms with Crippen LogP contribution >= 0.6 is 0 Å². The molecule has 4 rings (SSSR count). The molecule has 11 heteroatoms. The minimum atomic E-state index is -1.11. The van der Waals surface area contributed by atoms with Crippen molar-refractivity contribution >= 4 is 12.1 Å². The van der Waals surface area contributed by atoms with E-state index >= 15 is 0 Å². The van der Waals surface area contributed by atoms with E-state index in [1.165, 1.54) is 18.4 Å². The first-order valence-electron chi connectivity index (χ1n) is 13.0. The molecule has 3 aromatic rings. The fourth-order valence-electron chi connectivity index (χ4n) is 4.15. The van der Waals surface area contributed by atoms with Crippen LogP contribution in [0.15, 0.2) is 42.7 Å². The van der Waals surface area contributed by atoms with Crippen molar-refractivity contribution in [2.75, 3.05) is 19.6 Å². The Kier molecular flexibility index (Phi) is 10.6. The molecule has 1 fully saturated rings. The number of aromatic amines is 1. The third-order valence-corrected chi connectivity index (χ3v) is 6.28. The van der Waals surface area contributed by atoms with Crippen LogP contribution in [0.1, 0.15) is 72.8 Å². The number of rotatable bonds is 11. The second-order valence-electron chi connectivity index (χ2n) is 10.8. The molecule has 1 aliphatic rings. The van der Waals surface area contributed by atoms with Crippen molar-refractivity contribution in [2.24, 2.45) is 0 Å². The topological polar surface area (TPSA) is 132 Å². The first-order valence-corrected chi connectivity index (χ1v) is 13.0. The average Bonchev–Trinajstić information content (AvgIpc) is 3.57. The minimum absolute atomic E-state index is 0. The van der Waals surface area contributed by atoms with E-state index in [9.17, 15) is 14.7 Å². The molecule has 1 amide bonds. The van der Waals surface area contributed by atoms with Crippen LogP contribution < -0.4 is 4.74 Å². The summed E-state index contributed by atoms with van der Waals surface area (Å²) < 4.78 is 11.6. The zero-order chi connectivity index (χ0) is 28.2. The van der Waals surface area contributed by atoms with Gasteiger partial charge in [-0.3, -0.25) is 21.9 Å². The summed E-state index contributed by atoms with van der Waals surface area (Å²) in [5.74, 6) is -0.321. The first-order chi connectivity index (χ1) is 18.5. The predicted molar refractivity (Wildman–Crippen MR) is 153 cm³/mol. The van der Waals surface area contributed by atoms with Crippen molar-refractivity contribution < 1.29 is 24.2 Å². The summed E-state index contributed by atoms with van der Waals surface area (Å²) in [5.41, 5.74) is 3.53. The number of carbonyl (C=O) groups excluding carboxylic acids is 1. The zero-order valence-electron chi connectivity index (χ0n) is 24.1. The van der Waals surface area contributed by atoms with E-state index in [0.29, 0.717) is 30.4 Å². The summed E-state index contributed by atoms with van der Waals surface area (Å²) in [6, 6.07) is 9.06. The van der Waals surface area contributed by atoms with Gasteiger partial charge in [0.25, 0.3) is 0 Å². The number of carboxylic acids is 1. The summed E-state index contributed by atoms with van der Waals surface area (Å²) in [6.07, 6.45) is 4.56. The molecule has 10 nitrogen and oxygen atoms in total. The van der Waals surface area contributed by atoms with Gasteiger partial charge in [0.15, 0.2) is 6.10 Å². The Labute approximate surface area is 236 Å². The van der Waals surface area contributed by atoms with Gasteiger partial charge in [-0.1, -0.05) is 6.07 Å². The number of hydrogen-bond acceptors (Lipinski definition) is 7. The van der Waals surface area contributed by atoms with Gasteiger partial charge < -0.3 is 32.2 Å². The largest absolute Gasteiger partial charge is 0.616 e. The van der Waals surface area contributed by atoms with Crippen molar-refractivity contribution in [3.63, 3.8) is 0 Å². The molecule has 2 heterocycles. The van der Waals surface area contributed by atoms with Crippen LogP contribution in [-0.4, -0.2) is 62.5 Å². The molecule has 41 heavy (non-hydrogen) atoms. The number of hydrogen-bond donors (Lipinski definition) is 2. The van der Waals surface area contributed by atoms with Crippen molar-refractivity contribution in [1.29, 1.82) is 0 Å². The SMILES string of the molecule is [CH2-]N(CC[N-]C(=O)OC(C)(C)C)C[C@@H](Oc1cc(C)c(-c2ccn[nH]2)cc1C(=O)O)c1ccc(C2CC2)cn1.[CH3-].[Lr]. The van der Waals surface area contributed by atoms with Crippen LogP contribution in [0.25, 0.3) is 16.6 Å². The molecule has 0 aliphatic heterocycles. The summed E-state index contributed by atoms with van der Waals surface area (Å²) in [5, 5.41) is 20.8. The molecular formula is C30H38LrN5O5-3. The van der Waals surface area contributed by atoms with Gasteiger partial charge in [-0.05, 0) is 88.4 Å². The van der Waals surface area contributed by atoms with Gasteiger partial charge in [0.05, 0.1) is 11.4 Å². The molecule has 0 spiro atoms. The van der Waals surface area contributed by atoms with Gasteiger partial charge in [0.2, 0.25) is 6.09 Å². The third kappa shape index (κ3) is 8.79. The van der Waals surface area contributed by atoms with E-state index in [1.807, 2.05) is 25.3 Å². The van der Waals surface area contributed by atoms with Crippen LogP contribution in [0.2, 0.25) is 0 Å². The van der Waals surface area contributed by atoms with Gasteiger partial charge >= 0.3 is 5.97 Å². The standard InChI is InChI=1S/C29H36N5O5.CH3.Lr/c1-18-14-25(22(27(35)36)15-21(18)23-10-11-32-33-23)38-26(24-9-8-20(16-31-24)19-6-7-19)17-34(5)13-12-30-28(37)39-29(2,3)4;;/h8-11,14-16,19,26H,5-7,12-13,17H2,1-4H3,(H3,30,32,33,35,36,37);1H3;/q2*-1;/p-1/t26-;;/m1../s1. The Balaban J connectivity index is 0.00000294. The van der Waals surface area contributed by atoms with Gasteiger partial charge in [-0.2, -0.15) is 5.10 Å². The second kappa shape index (κ2) is 13.4. The summed E-state index contributed by atoms with van der Waals surface area (Å²) in [7, 11) is 4.08. The molecule has 0 saturated heterocycles. The molecule has 1 aromatic carbocycles. The number of carboxylic acid groups (broad SMARTS) is 1. The number of pyridine rings is 1. The number of nitrogens with one attached hydrogen (secondary N) is 1. The fraction of sp³-hybridized carbons (Fsp3) is 0.400.